The van der Waals surface area contributed by atoms with Crippen LogP contribution in [0.25, 0.3) is 11.2 Å². The average molecular weight is 322 g/mol. The van der Waals surface area contributed by atoms with Gasteiger partial charge < -0.3 is 10.3 Å². The van der Waals surface area contributed by atoms with E-state index in [1.165, 1.54) is 0 Å². The molecule has 3 heterocycles. The van der Waals surface area contributed by atoms with Crippen LogP contribution in [0.4, 0.5) is 5.95 Å². The Bertz CT molecular complexity index is 745. The number of aromatic nitrogens is 6. The fourth-order valence-electron chi connectivity index (χ4n) is 2.14. The van der Waals surface area contributed by atoms with E-state index >= 15 is 0 Å². The molecule has 0 aromatic carbocycles. The van der Waals surface area contributed by atoms with Crippen molar-refractivity contribution in [3.05, 3.63) is 28.9 Å². The molecule has 3 aromatic rings. The largest absolute Gasteiger partial charge is 0.369 e. The summed E-state index contributed by atoms with van der Waals surface area (Å²) in [5.74, 6) is 1.21. The number of nitrogens with two attached hydrogens (primary N) is 1. The summed E-state index contributed by atoms with van der Waals surface area (Å²) in [6, 6.07) is 1.80. The number of aryl methyl sites for hydroxylation is 1. The van der Waals surface area contributed by atoms with Crippen molar-refractivity contribution in [2.45, 2.75) is 13.0 Å². The Morgan fingerprint density at radius 2 is 2.21 bits per heavy atom. The van der Waals surface area contributed by atoms with Gasteiger partial charge in [-0.2, -0.15) is 0 Å². The van der Waals surface area contributed by atoms with Crippen LogP contribution in [0.5, 0.6) is 0 Å². The van der Waals surface area contributed by atoms with Crippen molar-refractivity contribution >= 4 is 33.0 Å². The summed E-state index contributed by atoms with van der Waals surface area (Å²) < 4.78 is 4.58. The lowest BCUT2D eigenvalue weighted by Crippen LogP contribution is -2.14. The van der Waals surface area contributed by atoms with Gasteiger partial charge in [0.15, 0.2) is 11.5 Å². The Morgan fingerprint density at radius 3 is 2.89 bits per heavy atom. The molecule has 0 spiro atoms. The van der Waals surface area contributed by atoms with E-state index in [4.69, 9.17) is 5.73 Å². The van der Waals surface area contributed by atoms with Crippen molar-refractivity contribution in [1.29, 1.82) is 0 Å². The van der Waals surface area contributed by atoms with Crippen LogP contribution in [0, 0.1) is 0 Å². The van der Waals surface area contributed by atoms with Crippen LogP contribution < -0.4 is 5.73 Å². The number of nitrogen functional groups attached to an aromatic ring is 1. The topological polar surface area (TPSA) is 87.4 Å². The zero-order chi connectivity index (χ0) is 13.6. The molecule has 3 rings (SSSR count). The van der Waals surface area contributed by atoms with Gasteiger partial charge in [0.1, 0.15) is 11.8 Å². The SMILES string of the molecule is CC(c1nncn1C)n1c(N)nc2cc(Br)cnc21. The third kappa shape index (κ3) is 1.88. The minimum Gasteiger partial charge on any atom is -0.369 e. The van der Waals surface area contributed by atoms with Crippen molar-refractivity contribution in [1.82, 2.24) is 29.3 Å². The van der Waals surface area contributed by atoms with E-state index in [-0.39, 0.29) is 6.04 Å². The maximum absolute atomic E-state index is 6.00. The number of nitrogens with zero attached hydrogens (tertiary/aromatic N) is 6. The van der Waals surface area contributed by atoms with Gasteiger partial charge in [-0.05, 0) is 28.9 Å². The van der Waals surface area contributed by atoms with E-state index < -0.39 is 0 Å². The molecule has 0 bridgehead atoms. The predicted molar refractivity (Wildman–Crippen MR) is 74.5 cm³/mol. The lowest BCUT2D eigenvalue weighted by atomic mass is 10.3. The smallest absolute Gasteiger partial charge is 0.203 e. The molecule has 3 aromatic heterocycles. The highest BCUT2D eigenvalue weighted by Crippen LogP contribution is 2.26. The molecule has 0 aliphatic rings. The number of rotatable bonds is 2. The van der Waals surface area contributed by atoms with Crippen LogP contribution in [-0.4, -0.2) is 29.3 Å². The van der Waals surface area contributed by atoms with E-state index in [0.717, 1.165) is 21.5 Å². The minimum absolute atomic E-state index is 0.0915. The maximum atomic E-state index is 6.00. The summed E-state index contributed by atoms with van der Waals surface area (Å²) in [6.07, 6.45) is 3.38. The molecule has 0 saturated carbocycles. The summed E-state index contributed by atoms with van der Waals surface area (Å²) in [5.41, 5.74) is 7.48. The van der Waals surface area contributed by atoms with E-state index in [1.807, 2.05) is 29.2 Å². The molecule has 1 atom stereocenters. The number of anilines is 1. The fourth-order valence-corrected chi connectivity index (χ4v) is 2.46. The zero-order valence-electron chi connectivity index (χ0n) is 10.4. The van der Waals surface area contributed by atoms with Crippen LogP contribution >= 0.6 is 15.9 Å². The standard InChI is InChI=1S/C11H12BrN7/c1-6(9-17-15-5-18(9)2)19-10-8(16-11(19)13)3-7(12)4-14-10/h3-6H,1-2H3,(H2,13,16). The van der Waals surface area contributed by atoms with Crippen molar-refractivity contribution in [2.24, 2.45) is 7.05 Å². The molecule has 0 amide bonds. The summed E-state index contributed by atoms with van der Waals surface area (Å²) in [5, 5.41) is 8.00. The second kappa shape index (κ2) is 4.30. The van der Waals surface area contributed by atoms with Crippen molar-refractivity contribution in [3.8, 4) is 0 Å². The molecule has 19 heavy (non-hydrogen) atoms. The van der Waals surface area contributed by atoms with Crippen LogP contribution in [0.1, 0.15) is 18.8 Å². The normalized spacial score (nSPS) is 13.0. The van der Waals surface area contributed by atoms with Gasteiger partial charge in [0.2, 0.25) is 5.95 Å². The molecule has 2 N–H and O–H groups in total. The molecule has 0 aliphatic heterocycles. The second-order valence-corrected chi connectivity index (χ2v) is 5.23. The Kier molecular flexibility index (Phi) is 2.74. The number of imidazole rings is 1. The molecule has 7 nitrogen and oxygen atoms in total. The first kappa shape index (κ1) is 12.1. The summed E-state index contributed by atoms with van der Waals surface area (Å²) in [6.45, 7) is 1.99. The van der Waals surface area contributed by atoms with Gasteiger partial charge in [0, 0.05) is 17.7 Å². The highest BCUT2D eigenvalue weighted by Gasteiger charge is 2.20. The van der Waals surface area contributed by atoms with Crippen LogP contribution in [0.3, 0.4) is 0 Å². The number of halogens is 1. The molecule has 1 unspecified atom stereocenters. The van der Waals surface area contributed by atoms with E-state index in [2.05, 4.69) is 36.1 Å². The Morgan fingerprint density at radius 1 is 1.42 bits per heavy atom. The predicted octanol–water partition coefficient (Wildman–Crippen LogP) is 1.51. The van der Waals surface area contributed by atoms with Gasteiger partial charge >= 0.3 is 0 Å². The van der Waals surface area contributed by atoms with Gasteiger partial charge in [-0.15, -0.1) is 10.2 Å². The minimum atomic E-state index is -0.0915. The van der Waals surface area contributed by atoms with Gasteiger partial charge in [-0.25, -0.2) is 9.97 Å². The van der Waals surface area contributed by atoms with Crippen LogP contribution in [0.15, 0.2) is 23.1 Å². The molecule has 8 heteroatoms. The number of pyridine rings is 1. The molecular weight excluding hydrogens is 310 g/mol. The van der Waals surface area contributed by atoms with Gasteiger partial charge in [-0.3, -0.25) is 4.57 Å². The first-order chi connectivity index (χ1) is 9.08. The maximum Gasteiger partial charge on any atom is 0.203 e. The number of hydrogen-bond donors (Lipinski definition) is 1. The van der Waals surface area contributed by atoms with Crippen molar-refractivity contribution in [3.63, 3.8) is 0 Å². The number of hydrogen-bond acceptors (Lipinski definition) is 5. The molecule has 0 radical (unpaired) electrons. The Balaban J connectivity index is 2.20. The first-order valence-electron chi connectivity index (χ1n) is 5.70. The third-order valence-corrected chi connectivity index (χ3v) is 3.46. The quantitative estimate of drug-likeness (QED) is 0.773. The van der Waals surface area contributed by atoms with Crippen molar-refractivity contribution in [2.75, 3.05) is 5.73 Å². The molecule has 98 valence electrons. The Labute approximate surface area is 117 Å². The summed E-state index contributed by atoms with van der Waals surface area (Å²) in [7, 11) is 1.89. The molecule has 0 fully saturated rings. The average Bonchev–Trinajstić information content (AvgIpc) is 2.90. The third-order valence-electron chi connectivity index (χ3n) is 3.03. The Hall–Kier alpha value is -1.96. The van der Waals surface area contributed by atoms with Crippen LogP contribution in [0.2, 0.25) is 0 Å². The monoisotopic (exact) mass is 321 g/mol. The van der Waals surface area contributed by atoms with Crippen LogP contribution in [-0.2, 0) is 7.05 Å². The highest BCUT2D eigenvalue weighted by molar-refractivity contribution is 9.10. The van der Waals surface area contributed by atoms with Gasteiger partial charge in [-0.1, -0.05) is 0 Å². The fraction of sp³-hybridized carbons (Fsp3) is 0.273. The number of fused-ring (bicyclic) bond motifs is 1. The van der Waals surface area contributed by atoms with E-state index in [9.17, 15) is 0 Å². The van der Waals surface area contributed by atoms with Gasteiger partial charge in [0.25, 0.3) is 0 Å². The van der Waals surface area contributed by atoms with Gasteiger partial charge in [0.05, 0.1) is 6.04 Å². The zero-order valence-corrected chi connectivity index (χ0v) is 12.0. The summed E-state index contributed by atoms with van der Waals surface area (Å²) >= 11 is 3.37. The lowest BCUT2D eigenvalue weighted by molar-refractivity contribution is 0.590. The first-order valence-corrected chi connectivity index (χ1v) is 6.50. The highest BCUT2D eigenvalue weighted by atomic mass is 79.9. The molecule has 0 aliphatic carbocycles. The second-order valence-electron chi connectivity index (χ2n) is 4.31. The molecule has 0 saturated heterocycles. The van der Waals surface area contributed by atoms with E-state index in [0.29, 0.717) is 5.95 Å². The lowest BCUT2D eigenvalue weighted by Gasteiger charge is -2.14. The van der Waals surface area contributed by atoms with Crippen molar-refractivity contribution < 1.29 is 0 Å². The molecular formula is C11H12BrN7. The summed E-state index contributed by atoms with van der Waals surface area (Å²) in [4.78, 5) is 8.70. The van der Waals surface area contributed by atoms with E-state index in [1.54, 1.807) is 12.5 Å².